The topological polar surface area (TPSA) is 96.8 Å². The SMILES string of the molecule is CC1CCC(C(=O)N(c2cc(-c3ccc(-c4cc5ccc(N)cc5o4)cc3)sc2C(=O)O)C(C)C)CC1. The van der Waals surface area contributed by atoms with Gasteiger partial charge in [-0.15, -0.1) is 11.3 Å². The highest BCUT2D eigenvalue weighted by atomic mass is 32.1. The number of anilines is 2. The van der Waals surface area contributed by atoms with Gasteiger partial charge < -0.3 is 20.2 Å². The van der Waals surface area contributed by atoms with Gasteiger partial charge in [-0.05, 0) is 75.3 Å². The molecule has 0 atom stereocenters. The van der Waals surface area contributed by atoms with Crippen LogP contribution in [-0.2, 0) is 4.79 Å². The van der Waals surface area contributed by atoms with E-state index in [1.165, 1.54) is 11.3 Å². The summed E-state index contributed by atoms with van der Waals surface area (Å²) in [6.45, 7) is 6.12. The van der Waals surface area contributed by atoms with Crippen molar-refractivity contribution in [3.05, 3.63) is 59.5 Å². The molecule has 5 rings (SSSR count). The number of carbonyl (C=O) groups excluding carboxylic acids is 1. The number of carboxylic acids is 1. The van der Waals surface area contributed by atoms with Gasteiger partial charge in [0.2, 0.25) is 5.91 Å². The van der Waals surface area contributed by atoms with Crippen molar-refractivity contribution >= 4 is 45.6 Å². The molecule has 0 spiro atoms. The Morgan fingerprint density at radius 3 is 2.32 bits per heavy atom. The van der Waals surface area contributed by atoms with Crippen molar-refractivity contribution in [3.8, 4) is 21.8 Å². The summed E-state index contributed by atoms with van der Waals surface area (Å²) in [5, 5.41) is 11.0. The maximum Gasteiger partial charge on any atom is 0.348 e. The number of nitrogens with two attached hydrogens (primary N) is 1. The minimum Gasteiger partial charge on any atom is -0.477 e. The second-order valence-corrected chi connectivity index (χ2v) is 11.4. The number of nitrogen functional groups attached to an aromatic ring is 1. The molecule has 2 aromatic heterocycles. The Morgan fingerprint density at radius 2 is 1.68 bits per heavy atom. The fraction of sp³-hybridized carbons (Fsp3) is 0.333. The summed E-state index contributed by atoms with van der Waals surface area (Å²) in [6.07, 6.45) is 3.79. The summed E-state index contributed by atoms with van der Waals surface area (Å²) in [5.41, 5.74) is 9.56. The first-order valence-electron chi connectivity index (χ1n) is 12.8. The van der Waals surface area contributed by atoms with Crippen LogP contribution in [0.5, 0.6) is 0 Å². The highest BCUT2D eigenvalue weighted by Crippen LogP contribution is 2.40. The highest BCUT2D eigenvalue weighted by Gasteiger charge is 2.33. The minimum atomic E-state index is -1.01. The molecular weight excluding hydrogens is 484 g/mol. The molecular formula is C30H32N2O4S. The fourth-order valence-corrected chi connectivity index (χ4v) is 6.19. The van der Waals surface area contributed by atoms with E-state index in [0.29, 0.717) is 17.3 Å². The number of carboxylic acid groups (broad SMARTS) is 1. The molecule has 2 aromatic carbocycles. The maximum atomic E-state index is 13.6. The Bertz CT molecular complexity index is 1440. The lowest BCUT2D eigenvalue weighted by molar-refractivity contribution is -0.123. The smallest absolute Gasteiger partial charge is 0.348 e. The van der Waals surface area contributed by atoms with Crippen molar-refractivity contribution in [2.45, 2.75) is 52.5 Å². The van der Waals surface area contributed by atoms with Crippen LogP contribution in [0.1, 0.15) is 56.1 Å². The summed E-state index contributed by atoms with van der Waals surface area (Å²) >= 11 is 1.21. The molecule has 4 aromatic rings. The molecule has 3 N–H and O–H groups in total. The van der Waals surface area contributed by atoms with Gasteiger partial charge >= 0.3 is 5.97 Å². The lowest BCUT2D eigenvalue weighted by Crippen LogP contribution is -2.42. The van der Waals surface area contributed by atoms with E-state index < -0.39 is 5.97 Å². The molecule has 0 saturated heterocycles. The summed E-state index contributed by atoms with van der Waals surface area (Å²) in [6, 6.07) is 17.1. The molecule has 37 heavy (non-hydrogen) atoms. The maximum absolute atomic E-state index is 13.6. The minimum absolute atomic E-state index is 0.0367. The number of fused-ring (bicyclic) bond motifs is 1. The first-order chi connectivity index (χ1) is 17.7. The molecule has 192 valence electrons. The van der Waals surface area contributed by atoms with Gasteiger partial charge in [0.05, 0.1) is 5.69 Å². The quantitative estimate of drug-likeness (QED) is 0.256. The molecule has 1 saturated carbocycles. The van der Waals surface area contributed by atoms with Gasteiger partial charge in [0.25, 0.3) is 0 Å². The van der Waals surface area contributed by atoms with Crippen molar-refractivity contribution in [2.75, 3.05) is 10.6 Å². The zero-order chi connectivity index (χ0) is 26.3. The van der Waals surface area contributed by atoms with E-state index in [4.69, 9.17) is 10.2 Å². The Hall–Kier alpha value is -3.58. The number of nitrogens with zero attached hydrogens (tertiary/aromatic N) is 1. The van der Waals surface area contributed by atoms with Gasteiger partial charge in [0, 0.05) is 39.5 Å². The first-order valence-corrected chi connectivity index (χ1v) is 13.6. The monoisotopic (exact) mass is 516 g/mol. The average molecular weight is 517 g/mol. The van der Waals surface area contributed by atoms with E-state index in [1.54, 1.807) is 4.90 Å². The Labute approximate surface area is 220 Å². The van der Waals surface area contributed by atoms with Crippen molar-refractivity contribution in [2.24, 2.45) is 11.8 Å². The zero-order valence-electron chi connectivity index (χ0n) is 21.4. The van der Waals surface area contributed by atoms with E-state index >= 15 is 0 Å². The van der Waals surface area contributed by atoms with Gasteiger partial charge in [-0.1, -0.05) is 31.2 Å². The Balaban J connectivity index is 1.46. The second kappa shape index (κ2) is 10.1. The molecule has 7 heteroatoms. The van der Waals surface area contributed by atoms with Crippen LogP contribution in [0, 0.1) is 11.8 Å². The molecule has 1 aliphatic rings. The zero-order valence-corrected chi connectivity index (χ0v) is 22.2. The molecule has 6 nitrogen and oxygen atoms in total. The van der Waals surface area contributed by atoms with E-state index in [0.717, 1.165) is 58.4 Å². The Kier molecular flexibility index (Phi) is 6.82. The van der Waals surface area contributed by atoms with Gasteiger partial charge in [-0.2, -0.15) is 0 Å². The number of carbonyl (C=O) groups is 2. The second-order valence-electron chi connectivity index (χ2n) is 10.4. The van der Waals surface area contributed by atoms with Crippen LogP contribution in [0.4, 0.5) is 11.4 Å². The van der Waals surface area contributed by atoms with Crippen molar-refractivity contribution < 1.29 is 19.1 Å². The molecule has 2 heterocycles. The van der Waals surface area contributed by atoms with Gasteiger partial charge in [0.15, 0.2) is 0 Å². The van der Waals surface area contributed by atoms with Crippen LogP contribution in [0.3, 0.4) is 0 Å². The van der Waals surface area contributed by atoms with Crippen LogP contribution in [-0.4, -0.2) is 23.0 Å². The van der Waals surface area contributed by atoms with Crippen LogP contribution in [0.2, 0.25) is 0 Å². The number of aromatic carboxylic acids is 1. The van der Waals surface area contributed by atoms with Crippen LogP contribution in [0.25, 0.3) is 32.7 Å². The predicted molar refractivity (Wildman–Crippen MR) is 150 cm³/mol. The standard InChI is InChI=1S/C30H32N2O4S/c1-17(2)32(29(33)21-6-4-18(3)5-7-21)24-16-27(37-28(24)30(34)35)20-10-8-19(9-11-20)25-14-22-12-13-23(31)15-26(22)36-25/h8-18,21H,4-7,31H2,1-3H3,(H,34,35). The number of rotatable bonds is 6. The fourth-order valence-electron chi connectivity index (χ4n) is 5.20. The summed E-state index contributed by atoms with van der Waals surface area (Å²) in [5.74, 6) is 0.347. The summed E-state index contributed by atoms with van der Waals surface area (Å²) in [7, 11) is 0. The molecule has 0 aliphatic heterocycles. The number of benzene rings is 2. The predicted octanol–water partition coefficient (Wildman–Crippen LogP) is 7.68. The first kappa shape index (κ1) is 25.1. The van der Waals surface area contributed by atoms with Crippen LogP contribution in [0.15, 0.2) is 59.0 Å². The number of thiophene rings is 1. The molecule has 1 amide bonds. The lowest BCUT2D eigenvalue weighted by atomic mass is 9.82. The van der Waals surface area contributed by atoms with Crippen molar-refractivity contribution in [1.29, 1.82) is 0 Å². The van der Waals surface area contributed by atoms with Gasteiger partial charge in [-0.25, -0.2) is 4.79 Å². The molecule has 1 fully saturated rings. The molecule has 0 bridgehead atoms. The summed E-state index contributed by atoms with van der Waals surface area (Å²) < 4.78 is 5.98. The normalized spacial score (nSPS) is 17.8. The number of hydrogen-bond acceptors (Lipinski definition) is 5. The number of amides is 1. The van der Waals surface area contributed by atoms with Gasteiger partial charge in [0.1, 0.15) is 16.2 Å². The van der Waals surface area contributed by atoms with E-state index in [2.05, 4.69) is 6.92 Å². The third-order valence-corrected chi connectivity index (χ3v) is 8.44. The third kappa shape index (κ3) is 5.01. The highest BCUT2D eigenvalue weighted by molar-refractivity contribution is 7.18. The molecule has 0 unspecified atom stereocenters. The average Bonchev–Trinajstić information content (AvgIpc) is 3.49. The van der Waals surface area contributed by atoms with Gasteiger partial charge in [-0.3, -0.25) is 4.79 Å². The van der Waals surface area contributed by atoms with E-state index in [1.807, 2.05) is 68.4 Å². The van der Waals surface area contributed by atoms with Crippen LogP contribution < -0.4 is 10.6 Å². The van der Waals surface area contributed by atoms with Crippen LogP contribution >= 0.6 is 11.3 Å². The molecule has 0 radical (unpaired) electrons. The van der Waals surface area contributed by atoms with Crippen molar-refractivity contribution in [1.82, 2.24) is 0 Å². The van der Waals surface area contributed by atoms with Crippen molar-refractivity contribution in [3.63, 3.8) is 0 Å². The number of hydrogen-bond donors (Lipinski definition) is 2. The Morgan fingerprint density at radius 1 is 1.00 bits per heavy atom. The molecule has 1 aliphatic carbocycles. The number of furan rings is 1. The summed E-state index contributed by atoms with van der Waals surface area (Å²) in [4.78, 5) is 28.5. The van der Waals surface area contributed by atoms with E-state index in [-0.39, 0.29) is 22.7 Å². The largest absolute Gasteiger partial charge is 0.477 e. The lowest BCUT2D eigenvalue weighted by Gasteiger charge is -2.33. The van der Waals surface area contributed by atoms with E-state index in [9.17, 15) is 14.7 Å². The third-order valence-electron chi connectivity index (χ3n) is 7.28.